The highest BCUT2D eigenvalue weighted by Crippen LogP contribution is 2.33. The Morgan fingerprint density at radius 3 is 2.77 bits per heavy atom. The first-order chi connectivity index (χ1) is 15.0. The number of rotatable bonds is 7. The van der Waals surface area contributed by atoms with Crippen molar-refractivity contribution in [1.29, 1.82) is 0 Å². The van der Waals surface area contributed by atoms with Gasteiger partial charge < -0.3 is 28.2 Å². The van der Waals surface area contributed by atoms with E-state index in [0.29, 0.717) is 17.1 Å². The molecule has 0 fully saturated rings. The summed E-state index contributed by atoms with van der Waals surface area (Å²) in [4.78, 5) is 16.4. The van der Waals surface area contributed by atoms with Crippen molar-refractivity contribution in [3.63, 3.8) is 0 Å². The second kappa shape index (κ2) is 8.86. The number of carbonyl (C=O) groups is 1. The summed E-state index contributed by atoms with van der Waals surface area (Å²) < 4.78 is 55.6. The number of esters is 1. The van der Waals surface area contributed by atoms with E-state index in [-0.39, 0.29) is 36.4 Å². The highest BCUT2D eigenvalue weighted by atomic mass is 19.3. The van der Waals surface area contributed by atoms with E-state index in [1.54, 1.807) is 24.3 Å². The van der Waals surface area contributed by atoms with Crippen LogP contribution in [0.4, 0.5) is 8.78 Å². The van der Waals surface area contributed by atoms with Crippen molar-refractivity contribution in [2.45, 2.75) is 19.3 Å². The van der Waals surface area contributed by atoms with Gasteiger partial charge in [0, 0.05) is 5.56 Å². The van der Waals surface area contributed by atoms with Crippen LogP contribution in [0.25, 0.3) is 11.4 Å². The van der Waals surface area contributed by atoms with E-state index in [0.717, 1.165) is 0 Å². The third-order valence-electron chi connectivity index (χ3n) is 4.22. The molecule has 2 aromatic carbocycles. The van der Waals surface area contributed by atoms with Crippen LogP contribution >= 0.6 is 0 Å². The molecule has 3 aromatic rings. The number of ether oxygens (including phenoxy) is 5. The molecular formula is C20H16F2N2O7. The van der Waals surface area contributed by atoms with Gasteiger partial charge >= 0.3 is 12.6 Å². The Bertz CT molecular complexity index is 1070. The van der Waals surface area contributed by atoms with Gasteiger partial charge in [-0.2, -0.15) is 13.8 Å². The number of methoxy groups -OCH3 is 1. The number of nitrogens with zero attached hydrogens (tertiary/aromatic N) is 2. The molecule has 0 bridgehead atoms. The molecule has 1 unspecified atom stereocenters. The molecule has 31 heavy (non-hydrogen) atoms. The van der Waals surface area contributed by atoms with Crippen molar-refractivity contribution in [2.75, 3.05) is 13.7 Å². The van der Waals surface area contributed by atoms with Crippen molar-refractivity contribution >= 4 is 5.97 Å². The molecule has 0 saturated heterocycles. The van der Waals surface area contributed by atoms with Crippen LogP contribution in [0.15, 0.2) is 47.0 Å². The molecule has 1 aromatic heterocycles. The summed E-state index contributed by atoms with van der Waals surface area (Å²) >= 11 is 0. The average molecular weight is 434 g/mol. The topological polar surface area (TPSA) is 102 Å². The fourth-order valence-corrected chi connectivity index (χ4v) is 2.79. The van der Waals surface area contributed by atoms with Crippen LogP contribution in [-0.2, 0) is 16.1 Å². The minimum absolute atomic E-state index is 0.0117. The zero-order valence-corrected chi connectivity index (χ0v) is 16.1. The lowest BCUT2D eigenvalue weighted by Gasteiger charge is -2.24. The van der Waals surface area contributed by atoms with Gasteiger partial charge in [0.25, 0.3) is 5.89 Å². The summed E-state index contributed by atoms with van der Waals surface area (Å²) in [6.07, 6.45) is -0.927. The first kappa shape index (κ1) is 20.4. The molecule has 0 amide bonds. The third kappa shape index (κ3) is 4.65. The largest absolute Gasteiger partial charge is 0.493 e. The highest BCUT2D eigenvalue weighted by Gasteiger charge is 2.29. The Morgan fingerprint density at radius 2 is 2.00 bits per heavy atom. The van der Waals surface area contributed by atoms with Gasteiger partial charge in [-0.05, 0) is 30.3 Å². The van der Waals surface area contributed by atoms with Gasteiger partial charge in [0.2, 0.25) is 11.9 Å². The predicted molar refractivity (Wildman–Crippen MR) is 99.1 cm³/mol. The normalized spacial score (nSPS) is 14.9. The lowest BCUT2D eigenvalue weighted by molar-refractivity contribution is -0.156. The second-order valence-corrected chi connectivity index (χ2v) is 6.23. The van der Waals surface area contributed by atoms with Gasteiger partial charge in [0.15, 0.2) is 29.6 Å². The Morgan fingerprint density at radius 1 is 1.19 bits per heavy atom. The molecule has 0 aliphatic carbocycles. The van der Waals surface area contributed by atoms with Crippen LogP contribution < -0.4 is 18.9 Å². The monoisotopic (exact) mass is 434 g/mol. The van der Waals surface area contributed by atoms with Crippen LogP contribution in [0, 0.1) is 0 Å². The molecule has 1 atom stereocenters. The fraction of sp³-hybridized carbons (Fsp3) is 0.250. The Balaban J connectivity index is 1.38. The first-order valence-electron chi connectivity index (χ1n) is 9.04. The maximum Gasteiger partial charge on any atom is 0.387 e. The number of benzene rings is 2. The molecule has 0 radical (unpaired) electrons. The first-order valence-corrected chi connectivity index (χ1v) is 9.04. The summed E-state index contributed by atoms with van der Waals surface area (Å²) in [5.74, 6) is 0.480. The van der Waals surface area contributed by atoms with Gasteiger partial charge in [0.1, 0.15) is 6.61 Å². The van der Waals surface area contributed by atoms with E-state index in [4.69, 9.17) is 23.5 Å². The molecular weight excluding hydrogens is 418 g/mol. The second-order valence-electron chi connectivity index (χ2n) is 6.23. The maximum atomic E-state index is 12.4. The SMILES string of the molecule is COc1cc(-c2noc(COC(=O)C3COc4ccccc4O3)n2)ccc1OC(F)F. The number of fused-ring (bicyclic) bond motifs is 1. The van der Waals surface area contributed by atoms with Crippen LogP contribution in [-0.4, -0.2) is 42.5 Å². The number of carbonyl (C=O) groups excluding carboxylic acids is 1. The standard InChI is InChI=1S/C20H16F2N2O7/c1-26-15-8-11(6-7-14(15)30-20(21)22)18-23-17(31-24-18)10-28-19(25)16-9-27-12-4-2-3-5-13(12)29-16/h2-8,16,20H,9-10H2,1H3. The summed E-state index contributed by atoms with van der Waals surface area (Å²) in [7, 11) is 1.31. The van der Waals surface area contributed by atoms with E-state index in [2.05, 4.69) is 14.9 Å². The Hall–Kier alpha value is -3.89. The fourth-order valence-electron chi connectivity index (χ4n) is 2.79. The van der Waals surface area contributed by atoms with E-state index in [1.165, 1.54) is 25.3 Å². The highest BCUT2D eigenvalue weighted by molar-refractivity contribution is 5.76. The minimum atomic E-state index is -2.99. The molecule has 11 heteroatoms. The Labute approximate surface area is 174 Å². The lowest BCUT2D eigenvalue weighted by Crippen LogP contribution is -2.37. The van der Waals surface area contributed by atoms with Crippen molar-refractivity contribution in [1.82, 2.24) is 10.1 Å². The van der Waals surface area contributed by atoms with E-state index < -0.39 is 18.7 Å². The minimum Gasteiger partial charge on any atom is -0.493 e. The molecule has 0 saturated carbocycles. The van der Waals surface area contributed by atoms with Gasteiger partial charge in [0.05, 0.1) is 7.11 Å². The van der Waals surface area contributed by atoms with Gasteiger partial charge in [-0.25, -0.2) is 4.79 Å². The van der Waals surface area contributed by atoms with Gasteiger partial charge in [-0.3, -0.25) is 0 Å². The molecule has 4 rings (SSSR count). The zero-order chi connectivity index (χ0) is 21.8. The molecule has 1 aliphatic heterocycles. The average Bonchev–Trinajstić information content (AvgIpc) is 3.26. The van der Waals surface area contributed by atoms with E-state index in [1.807, 2.05) is 0 Å². The lowest BCUT2D eigenvalue weighted by atomic mass is 10.2. The summed E-state index contributed by atoms with van der Waals surface area (Å²) in [6, 6.07) is 11.2. The summed E-state index contributed by atoms with van der Waals surface area (Å²) in [5, 5.41) is 3.79. The van der Waals surface area contributed by atoms with Crippen LogP contribution in [0.1, 0.15) is 5.89 Å². The molecule has 1 aliphatic rings. The van der Waals surface area contributed by atoms with Crippen molar-refractivity contribution in [3.8, 4) is 34.4 Å². The van der Waals surface area contributed by atoms with E-state index >= 15 is 0 Å². The smallest absolute Gasteiger partial charge is 0.387 e. The zero-order valence-electron chi connectivity index (χ0n) is 16.1. The van der Waals surface area contributed by atoms with Crippen LogP contribution in [0.3, 0.4) is 0 Å². The molecule has 162 valence electrons. The number of halogens is 2. The number of para-hydroxylation sites is 2. The van der Waals surface area contributed by atoms with Crippen LogP contribution in [0.2, 0.25) is 0 Å². The predicted octanol–water partition coefficient (Wildman–Crippen LogP) is 3.23. The Kier molecular flexibility index (Phi) is 5.83. The molecule has 0 N–H and O–H groups in total. The quantitative estimate of drug-likeness (QED) is 0.519. The third-order valence-corrected chi connectivity index (χ3v) is 4.22. The number of hydrogen-bond donors (Lipinski definition) is 0. The van der Waals surface area contributed by atoms with Gasteiger partial charge in [-0.15, -0.1) is 0 Å². The summed E-state index contributed by atoms with van der Waals surface area (Å²) in [6.45, 7) is -3.26. The van der Waals surface area contributed by atoms with Crippen molar-refractivity contribution < 1.29 is 41.8 Å². The molecule has 9 nitrogen and oxygen atoms in total. The van der Waals surface area contributed by atoms with Crippen molar-refractivity contribution in [2.24, 2.45) is 0 Å². The number of hydrogen-bond acceptors (Lipinski definition) is 9. The van der Waals surface area contributed by atoms with Crippen molar-refractivity contribution in [3.05, 3.63) is 48.4 Å². The van der Waals surface area contributed by atoms with Gasteiger partial charge in [-0.1, -0.05) is 17.3 Å². The summed E-state index contributed by atoms with van der Waals surface area (Å²) in [5.41, 5.74) is 0.431. The maximum absolute atomic E-state index is 12.4. The number of alkyl halides is 2. The van der Waals surface area contributed by atoms with Crippen LogP contribution in [0.5, 0.6) is 23.0 Å². The molecule has 2 heterocycles. The van der Waals surface area contributed by atoms with E-state index in [9.17, 15) is 13.6 Å². The number of aromatic nitrogens is 2. The molecule has 0 spiro atoms.